The number of aliphatic carboxylic acids is 1. The number of hydrogen-bond donors (Lipinski definition) is 4. The molecule has 2 rings (SSSR count). The molecule has 0 aliphatic carbocycles. The molecule has 10 heteroatoms. The Bertz CT molecular complexity index is 661. The summed E-state index contributed by atoms with van der Waals surface area (Å²) in [6.07, 6.45) is -2.00. The normalized spacial score (nSPS) is 14.2. The summed E-state index contributed by atoms with van der Waals surface area (Å²) in [6.45, 7) is 1.77. The Balaban J connectivity index is 2.34. The second-order valence-corrected chi connectivity index (χ2v) is 5.48. The summed E-state index contributed by atoms with van der Waals surface area (Å²) in [6, 6.07) is 0. The number of aromatic nitrogens is 4. The van der Waals surface area contributed by atoms with Crippen LogP contribution in [0.1, 0.15) is 6.92 Å². The van der Waals surface area contributed by atoms with E-state index in [2.05, 4.69) is 15.0 Å². The summed E-state index contributed by atoms with van der Waals surface area (Å²) in [7, 11) is 0. The van der Waals surface area contributed by atoms with Crippen molar-refractivity contribution in [1.82, 2.24) is 19.5 Å². The van der Waals surface area contributed by atoms with Crippen molar-refractivity contribution in [2.24, 2.45) is 0 Å². The molecule has 2 aromatic rings. The van der Waals surface area contributed by atoms with Gasteiger partial charge in [0.25, 0.3) is 0 Å². The Morgan fingerprint density at radius 2 is 2.19 bits per heavy atom. The number of rotatable bonds is 6. The van der Waals surface area contributed by atoms with Crippen LogP contribution in [0.4, 0.5) is 5.82 Å². The van der Waals surface area contributed by atoms with Gasteiger partial charge in [0.1, 0.15) is 11.6 Å². The van der Waals surface area contributed by atoms with E-state index in [1.54, 1.807) is 0 Å². The second-order valence-electron chi connectivity index (χ2n) is 4.24. The molecule has 0 radical (unpaired) electrons. The first-order valence-corrected chi connectivity index (χ1v) is 7.12. The third-order valence-electron chi connectivity index (χ3n) is 2.75. The van der Waals surface area contributed by atoms with Crippen LogP contribution in [0.2, 0.25) is 0 Å². The topological polar surface area (TPSA) is 147 Å². The van der Waals surface area contributed by atoms with Crippen molar-refractivity contribution < 1.29 is 20.1 Å². The van der Waals surface area contributed by atoms with Gasteiger partial charge in [0.2, 0.25) is 0 Å². The lowest BCUT2D eigenvalue weighted by Crippen LogP contribution is -2.36. The summed E-state index contributed by atoms with van der Waals surface area (Å²) in [5.41, 5.74) is 6.55. The largest absolute Gasteiger partial charge is 0.479 e. The van der Waals surface area contributed by atoms with Gasteiger partial charge < -0.3 is 25.6 Å². The highest BCUT2D eigenvalue weighted by molar-refractivity contribution is 7.99. The number of nitrogens with two attached hydrogens (primary N) is 1. The molecule has 0 spiro atoms. The van der Waals surface area contributed by atoms with Gasteiger partial charge in [0.15, 0.2) is 22.7 Å². The van der Waals surface area contributed by atoms with E-state index in [0.717, 1.165) is 5.75 Å². The molecule has 0 bridgehead atoms. The van der Waals surface area contributed by atoms with Gasteiger partial charge in [0.05, 0.1) is 12.9 Å². The number of imidazole rings is 1. The Labute approximate surface area is 123 Å². The van der Waals surface area contributed by atoms with Crippen LogP contribution in [-0.2, 0) is 11.3 Å². The van der Waals surface area contributed by atoms with Crippen molar-refractivity contribution in [2.45, 2.75) is 30.8 Å². The van der Waals surface area contributed by atoms with Gasteiger partial charge in [-0.05, 0) is 5.75 Å². The fourth-order valence-electron chi connectivity index (χ4n) is 1.74. The average molecular weight is 313 g/mol. The number of nitrogen functional groups attached to an aromatic ring is 1. The fraction of sp³-hybridized carbons (Fsp3) is 0.455. The smallest absolute Gasteiger partial charge is 0.335 e. The predicted octanol–water partition coefficient (Wildman–Crippen LogP) is -0.673. The van der Waals surface area contributed by atoms with Gasteiger partial charge in [-0.2, -0.15) is 0 Å². The minimum absolute atomic E-state index is 0.170. The first-order chi connectivity index (χ1) is 9.93. The predicted molar refractivity (Wildman–Crippen MR) is 75.8 cm³/mol. The molecule has 0 unspecified atom stereocenters. The number of carboxylic acid groups (broad SMARTS) is 1. The maximum Gasteiger partial charge on any atom is 0.335 e. The monoisotopic (exact) mass is 313 g/mol. The maximum absolute atomic E-state index is 10.6. The Hall–Kier alpha value is -1.91. The molecule has 0 fully saturated rings. The van der Waals surface area contributed by atoms with E-state index in [4.69, 9.17) is 10.8 Å². The number of carboxylic acids is 1. The highest BCUT2D eigenvalue weighted by atomic mass is 32.2. The van der Waals surface area contributed by atoms with Crippen LogP contribution >= 0.6 is 11.8 Å². The van der Waals surface area contributed by atoms with Gasteiger partial charge in [-0.1, -0.05) is 18.7 Å². The maximum atomic E-state index is 10.6. The number of hydrogen-bond acceptors (Lipinski definition) is 8. The van der Waals surface area contributed by atoms with Crippen LogP contribution in [-0.4, -0.2) is 58.8 Å². The van der Waals surface area contributed by atoms with Crippen molar-refractivity contribution in [3.05, 3.63) is 6.33 Å². The molecule has 2 heterocycles. The van der Waals surface area contributed by atoms with E-state index in [1.807, 2.05) is 6.92 Å². The number of carbonyl (C=O) groups is 1. The SMILES string of the molecule is CCSc1nc(N)c2ncn(C[C@@H](O)[C@@H](O)C(=O)O)c2n1. The van der Waals surface area contributed by atoms with Gasteiger partial charge in [-0.3, -0.25) is 0 Å². The lowest BCUT2D eigenvalue weighted by Gasteiger charge is -2.14. The molecule has 9 nitrogen and oxygen atoms in total. The summed E-state index contributed by atoms with van der Waals surface area (Å²) in [5.74, 6) is -0.523. The Kier molecular flexibility index (Phi) is 4.60. The molecule has 114 valence electrons. The van der Waals surface area contributed by atoms with Crippen LogP contribution in [0.3, 0.4) is 0 Å². The van der Waals surface area contributed by atoms with Gasteiger partial charge in [0, 0.05) is 0 Å². The van der Waals surface area contributed by atoms with Crippen molar-refractivity contribution >= 4 is 34.7 Å². The summed E-state index contributed by atoms with van der Waals surface area (Å²) >= 11 is 1.40. The number of nitrogens with zero attached hydrogens (tertiary/aromatic N) is 4. The average Bonchev–Trinajstić information content (AvgIpc) is 2.82. The van der Waals surface area contributed by atoms with E-state index < -0.39 is 18.2 Å². The molecule has 0 aliphatic heterocycles. The Morgan fingerprint density at radius 1 is 1.48 bits per heavy atom. The molecule has 0 aromatic carbocycles. The molecule has 0 amide bonds. The molecule has 2 aromatic heterocycles. The van der Waals surface area contributed by atoms with E-state index in [-0.39, 0.29) is 12.4 Å². The summed E-state index contributed by atoms with van der Waals surface area (Å²) < 4.78 is 1.43. The highest BCUT2D eigenvalue weighted by Crippen LogP contribution is 2.21. The van der Waals surface area contributed by atoms with E-state index in [1.165, 1.54) is 22.7 Å². The number of anilines is 1. The number of aliphatic hydroxyl groups is 2. The van der Waals surface area contributed by atoms with Gasteiger partial charge in [-0.15, -0.1) is 0 Å². The van der Waals surface area contributed by atoms with Crippen LogP contribution in [0.25, 0.3) is 11.2 Å². The molecular weight excluding hydrogens is 298 g/mol. The second kappa shape index (κ2) is 6.24. The minimum Gasteiger partial charge on any atom is -0.479 e. The van der Waals surface area contributed by atoms with E-state index in [9.17, 15) is 15.0 Å². The molecule has 0 saturated carbocycles. The van der Waals surface area contributed by atoms with Crippen molar-refractivity contribution in [2.75, 3.05) is 11.5 Å². The van der Waals surface area contributed by atoms with Gasteiger partial charge in [-0.25, -0.2) is 19.7 Å². The first kappa shape index (κ1) is 15.5. The fourth-order valence-corrected chi connectivity index (χ4v) is 2.31. The van der Waals surface area contributed by atoms with Crippen LogP contribution in [0.15, 0.2) is 11.5 Å². The number of aliphatic hydroxyl groups excluding tert-OH is 2. The summed E-state index contributed by atoms with van der Waals surface area (Å²) in [4.78, 5) is 23.1. The quantitative estimate of drug-likeness (QED) is 0.402. The van der Waals surface area contributed by atoms with E-state index in [0.29, 0.717) is 16.3 Å². The van der Waals surface area contributed by atoms with E-state index >= 15 is 0 Å². The molecule has 0 saturated heterocycles. The number of thioether (sulfide) groups is 1. The standard InChI is InChI=1S/C11H15N5O4S/c1-2-21-11-14-8(12)6-9(15-11)16(4-13-6)3-5(17)7(18)10(19)20/h4-5,7,17-18H,2-3H2,1H3,(H,19,20)(H2,12,14,15)/t5-,7-/m1/s1. The molecule has 2 atom stereocenters. The minimum atomic E-state index is -1.88. The Morgan fingerprint density at radius 3 is 2.81 bits per heavy atom. The molecule has 0 aliphatic rings. The zero-order valence-corrected chi connectivity index (χ0v) is 12.0. The third kappa shape index (κ3) is 3.23. The zero-order chi connectivity index (χ0) is 15.6. The number of fused-ring (bicyclic) bond motifs is 1. The molecule has 5 N–H and O–H groups in total. The first-order valence-electron chi connectivity index (χ1n) is 6.14. The third-order valence-corrected chi connectivity index (χ3v) is 3.47. The molecular formula is C11H15N5O4S. The van der Waals surface area contributed by atoms with Crippen LogP contribution < -0.4 is 5.73 Å². The van der Waals surface area contributed by atoms with Crippen molar-refractivity contribution in [1.29, 1.82) is 0 Å². The van der Waals surface area contributed by atoms with Crippen molar-refractivity contribution in [3.8, 4) is 0 Å². The van der Waals surface area contributed by atoms with Crippen molar-refractivity contribution in [3.63, 3.8) is 0 Å². The highest BCUT2D eigenvalue weighted by Gasteiger charge is 2.25. The molecule has 21 heavy (non-hydrogen) atoms. The summed E-state index contributed by atoms with van der Waals surface area (Å²) in [5, 5.41) is 28.2. The van der Waals surface area contributed by atoms with Crippen LogP contribution in [0, 0.1) is 0 Å². The van der Waals surface area contributed by atoms with Crippen LogP contribution in [0.5, 0.6) is 0 Å². The zero-order valence-electron chi connectivity index (χ0n) is 11.2. The lowest BCUT2D eigenvalue weighted by atomic mass is 10.2. The lowest BCUT2D eigenvalue weighted by molar-refractivity contribution is -0.153. The van der Waals surface area contributed by atoms with Gasteiger partial charge >= 0.3 is 5.97 Å².